The smallest absolute Gasteiger partial charge is 0.468 e. The maximum Gasteiger partial charge on any atom is 0.514 e. The summed E-state index contributed by atoms with van der Waals surface area (Å²) in [7, 11) is 1.18. The first kappa shape index (κ1) is 33.9. The van der Waals surface area contributed by atoms with Crippen molar-refractivity contribution >= 4 is 24.4 Å². The van der Waals surface area contributed by atoms with Gasteiger partial charge in [-0.05, 0) is 63.4 Å². The van der Waals surface area contributed by atoms with Crippen LogP contribution in [0.2, 0.25) is 0 Å². The quantitative estimate of drug-likeness (QED) is 0.172. The van der Waals surface area contributed by atoms with Gasteiger partial charge in [-0.3, -0.25) is 4.79 Å². The van der Waals surface area contributed by atoms with Crippen LogP contribution in [0.4, 0.5) is 14.4 Å². The van der Waals surface area contributed by atoms with E-state index in [9.17, 15) is 19.2 Å². The first-order valence-corrected chi connectivity index (χ1v) is 13.6. The third-order valence-corrected chi connectivity index (χ3v) is 6.14. The molecule has 2 aromatic rings. The number of methoxy groups -OCH3 is 1. The van der Waals surface area contributed by atoms with Crippen LogP contribution in [0.15, 0.2) is 48.5 Å². The second kappa shape index (κ2) is 16.2. The third-order valence-electron chi connectivity index (χ3n) is 6.14. The van der Waals surface area contributed by atoms with Gasteiger partial charge in [0.25, 0.3) is 0 Å². The van der Waals surface area contributed by atoms with E-state index in [2.05, 4.69) is 0 Å². The molecular formula is C30H39NO11. The third kappa shape index (κ3) is 10.9. The summed E-state index contributed by atoms with van der Waals surface area (Å²) in [5.41, 5.74) is 5.23. The fourth-order valence-electron chi connectivity index (χ4n) is 3.67. The highest BCUT2D eigenvalue weighted by Crippen LogP contribution is 2.32. The first-order valence-electron chi connectivity index (χ1n) is 13.6. The Kier molecular flexibility index (Phi) is 13.1. The molecule has 2 rings (SSSR count). The molecule has 2 unspecified atom stereocenters. The molecule has 0 fully saturated rings. The van der Waals surface area contributed by atoms with E-state index in [0.717, 1.165) is 0 Å². The highest BCUT2D eigenvalue weighted by molar-refractivity contribution is 5.81. The number of hydrogen-bond donors (Lipinski definition) is 1. The fraction of sp³-hybridized carbons (Fsp3) is 0.467. The first-order chi connectivity index (χ1) is 19.9. The Labute approximate surface area is 245 Å². The van der Waals surface area contributed by atoms with E-state index in [4.69, 9.17) is 38.9 Å². The molecule has 0 aromatic heterocycles. The molecule has 2 N–H and O–H groups in total. The molecule has 42 heavy (non-hydrogen) atoms. The summed E-state index contributed by atoms with van der Waals surface area (Å²) >= 11 is 0. The van der Waals surface area contributed by atoms with Crippen molar-refractivity contribution in [3.05, 3.63) is 54.1 Å². The topological polar surface area (TPSA) is 159 Å². The number of esters is 1. The molecule has 12 heteroatoms. The van der Waals surface area contributed by atoms with Crippen LogP contribution < -0.4 is 19.9 Å². The van der Waals surface area contributed by atoms with Crippen LogP contribution in [0.1, 0.15) is 59.4 Å². The molecule has 0 bridgehead atoms. The van der Waals surface area contributed by atoms with Crippen LogP contribution in [0, 0.1) is 0 Å². The maximum absolute atomic E-state index is 12.8. The predicted octanol–water partition coefficient (Wildman–Crippen LogP) is 5.72. The fourth-order valence-corrected chi connectivity index (χ4v) is 3.67. The molecule has 0 radical (unpaired) electrons. The highest BCUT2D eigenvalue weighted by atomic mass is 16.8. The lowest BCUT2D eigenvalue weighted by atomic mass is 9.86. The number of ether oxygens (including phenoxy) is 7. The maximum atomic E-state index is 12.8. The van der Waals surface area contributed by atoms with Crippen molar-refractivity contribution in [3.8, 4) is 17.2 Å². The van der Waals surface area contributed by atoms with E-state index in [1.165, 1.54) is 25.3 Å². The summed E-state index contributed by atoms with van der Waals surface area (Å²) in [4.78, 5) is 49.7. The average molecular weight is 590 g/mol. The van der Waals surface area contributed by atoms with Crippen molar-refractivity contribution in [1.82, 2.24) is 0 Å². The minimum atomic E-state index is -1.67. The Morgan fingerprint density at radius 1 is 0.738 bits per heavy atom. The molecule has 0 heterocycles. The Hall–Kier alpha value is -4.32. The van der Waals surface area contributed by atoms with Gasteiger partial charge in [-0.15, -0.1) is 0 Å². The van der Waals surface area contributed by atoms with Crippen molar-refractivity contribution in [3.63, 3.8) is 0 Å². The van der Waals surface area contributed by atoms with Gasteiger partial charge >= 0.3 is 24.4 Å². The van der Waals surface area contributed by atoms with Gasteiger partial charge in [0, 0.05) is 12.8 Å². The molecule has 230 valence electrons. The highest BCUT2D eigenvalue weighted by Gasteiger charge is 2.38. The zero-order valence-electron chi connectivity index (χ0n) is 24.7. The Morgan fingerprint density at radius 3 is 1.81 bits per heavy atom. The Morgan fingerprint density at radius 2 is 1.26 bits per heavy atom. The van der Waals surface area contributed by atoms with Gasteiger partial charge in [0.05, 0.1) is 7.11 Å². The van der Waals surface area contributed by atoms with Gasteiger partial charge in [-0.2, -0.15) is 0 Å². The lowest BCUT2D eigenvalue weighted by Gasteiger charge is -2.29. The number of carbonyl (C=O) groups excluding carboxylic acids is 4. The van der Waals surface area contributed by atoms with Gasteiger partial charge in [0.2, 0.25) is 0 Å². The molecule has 0 spiro atoms. The number of rotatable bonds is 13. The normalized spacial score (nSPS) is 14.3. The van der Waals surface area contributed by atoms with Crippen molar-refractivity contribution < 1.29 is 52.3 Å². The average Bonchev–Trinajstić information content (AvgIpc) is 2.93. The van der Waals surface area contributed by atoms with Gasteiger partial charge in [-0.25, -0.2) is 14.4 Å². The minimum absolute atomic E-state index is 0.116. The van der Waals surface area contributed by atoms with Crippen molar-refractivity contribution in [2.75, 3.05) is 7.11 Å². The van der Waals surface area contributed by atoms with Crippen LogP contribution in [-0.4, -0.2) is 55.4 Å². The predicted molar refractivity (Wildman–Crippen MR) is 150 cm³/mol. The van der Waals surface area contributed by atoms with Crippen LogP contribution in [-0.2, 0) is 30.2 Å². The number of hydrogen-bond acceptors (Lipinski definition) is 12. The molecular weight excluding hydrogens is 550 g/mol. The number of carbonyl (C=O) groups is 4. The largest absolute Gasteiger partial charge is 0.514 e. The van der Waals surface area contributed by atoms with Crippen LogP contribution >= 0.6 is 0 Å². The SMILES string of the molecule is CCC(C)OC(=O)Oc1cc(C[C@](N)(CC(C)OC(=O)Oc2ccccc2)C(=O)OC)ccc1OC(=O)O[C@@H](C)CC. The molecule has 0 aliphatic carbocycles. The Bertz CT molecular complexity index is 1200. The van der Waals surface area contributed by atoms with E-state index >= 15 is 0 Å². The molecule has 0 aliphatic rings. The van der Waals surface area contributed by atoms with E-state index < -0.39 is 48.3 Å². The van der Waals surface area contributed by atoms with Gasteiger partial charge in [0.1, 0.15) is 29.6 Å². The van der Waals surface area contributed by atoms with Crippen molar-refractivity contribution in [2.24, 2.45) is 5.73 Å². The summed E-state index contributed by atoms with van der Waals surface area (Å²) in [6, 6.07) is 12.6. The second-order valence-electron chi connectivity index (χ2n) is 9.78. The molecule has 0 saturated heterocycles. The number of benzene rings is 2. The zero-order chi connectivity index (χ0) is 31.3. The van der Waals surface area contributed by atoms with Crippen LogP contribution in [0.3, 0.4) is 0 Å². The van der Waals surface area contributed by atoms with Crippen LogP contribution in [0.5, 0.6) is 17.2 Å². The summed E-state index contributed by atoms with van der Waals surface area (Å²) in [6.45, 7) is 8.61. The van der Waals surface area contributed by atoms with Crippen molar-refractivity contribution in [2.45, 2.75) is 84.2 Å². The minimum Gasteiger partial charge on any atom is -0.468 e. The van der Waals surface area contributed by atoms with Gasteiger partial charge in [0.15, 0.2) is 11.5 Å². The van der Waals surface area contributed by atoms with Crippen molar-refractivity contribution in [1.29, 1.82) is 0 Å². The molecule has 0 amide bonds. The molecule has 0 aliphatic heterocycles. The summed E-state index contributed by atoms with van der Waals surface area (Å²) in [5.74, 6) is -0.763. The molecule has 12 nitrogen and oxygen atoms in total. The van der Waals surface area contributed by atoms with E-state index in [0.29, 0.717) is 18.4 Å². The second-order valence-corrected chi connectivity index (χ2v) is 9.78. The summed E-state index contributed by atoms with van der Waals surface area (Å²) in [5, 5.41) is 0. The Balaban J connectivity index is 2.26. The monoisotopic (exact) mass is 589 g/mol. The van der Waals surface area contributed by atoms with Gasteiger partial charge in [-0.1, -0.05) is 38.1 Å². The zero-order valence-corrected chi connectivity index (χ0v) is 24.7. The van der Waals surface area contributed by atoms with E-state index in [1.807, 2.05) is 13.8 Å². The lowest BCUT2D eigenvalue weighted by molar-refractivity contribution is -0.148. The summed E-state index contributed by atoms with van der Waals surface area (Å²) < 4.78 is 36.3. The van der Waals surface area contributed by atoms with E-state index in [1.54, 1.807) is 51.1 Å². The molecule has 4 atom stereocenters. The van der Waals surface area contributed by atoms with Gasteiger partial charge < -0.3 is 38.9 Å². The molecule has 0 saturated carbocycles. The summed E-state index contributed by atoms with van der Waals surface area (Å²) in [6.07, 6.45) is -3.82. The number of para-hydroxylation sites is 1. The lowest BCUT2D eigenvalue weighted by Crippen LogP contribution is -2.53. The van der Waals surface area contributed by atoms with Crippen LogP contribution in [0.25, 0.3) is 0 Å². The van der Waals surface area contributed by atoms with E-state index in [-0.39, 0.29) is 30.1 Å². The molecule has 2 aromatic carbocycles. The standard InChI is InChI=1S/C30H39NO11/c1-7-19(3)37-28(34)41-24-15-14-22(16-25(24)42-29(35)38-20(4)8-2)18-30(31,26(32)36-6)17-21(5)39-27(33)40-23-12-10-9-11-13-23/h9-16,19-21H,7-8,17-18,31H2,1-6H3/t19-,20?,21?,30+/m0/s1. The number of nitrogens with two attached hydrogens (primary N) is 1.